The number of rotatable bonds is 11. The highest BCUT2D eigenvalue weighted by molar-refractivity contribution is 6.60. The van der Waals surface area contributed by atoms with Crippen LogP contribution in [0.4, 0.5) is 0 Å². The smallest absolute Gasteiger partial charge is 0.377 e. The number of hydrogen-bond acceptors (Lipinski definition) is 3. The van der Waals surface area contributed by atoms with E-state index >= 15 is 0 Å². The Morgan fingerprint density at radius 3 is 1.94 bits per heavy atom. The third-order valence-corrected chi connectivity index (χ3v) is 5.85. The third kappa shape index (κ3) is 7.92. The minimum Gasteiger partial charge on any atom is -0.377 e. The first kappa shape index (κ1) is 17.1. The van der Waals surface area contributed by atoms with Crippen LogP contribution in [0.15, 0.2) is 0 Å². The van der Waals surface area contributed by atoms with Crippen molar-refractivity contribution in [2.45, 2.75) is 59.4 Å². The van der Waals surface area contributed by atoms with E-state index in [9.17, 15) is 0 Å². The monoisotopic (exact) mass is 262 g/mol. The van der Waals surface area contributed by atoms with E-state index in [0.717, 1.165) is 18.4 Å². The second-order valence-electron chi connectivity index (χ2n) is 4.75. The molecule has 0 aromatic heterocycles. The van der Waals surface area contributed by atoms with Crippen LogP contribution in [-0.2, 0) is 13.3 Å². The Bertz CT molecular complexity index is 168. The zero-order valence-electron chi connectivity index (χ0n) is 12.3. The van der Waals surface area contributed by atoms with Crippen molar-refractivity contribution in [1.29, 1.82) is 0 Å². The Morgan fingerprint density at radius 1 is 0.941 bits per heavy atom. The Hall–Kier alpha value is 0.0969. The van der Waals surface area contributed by atoms with Crippen molar-refractivity contribution in [3.63, 3.8) is 0 Å². The lowest BCUT2D eigenvalue weighted by Gasteiger charge is -2.27. The van der Waals surface area contributed by atoms with Crippen molar-refractivity contribution in [2.24, 2.45) is 5.92 Å². The summed E-state index contributed by atoms with van der Waals surface area (Å²) in [5.74, 6) is 0.804. The van der Waals surface area contributed by atoms with Gasteiger partial charge in [-0.2, -0.15) is 0 Å². The minimum absolute atomic E-state index is 0.673. The van der Waals surface area contributed by atoms with E-state index in [-0.39, 0.29) is 0 Å². The molecule has 104 valence electrons. The lowest BCUT2D eigenvalue weighted by atomic mass is 10.1. The van der Waals surface area contributed by atoms with Crippen LogP contribution in [0.3, 0.4) is 0 Å². The Balaban J connectivity index is 3.89. The molecule has 0 radical (unpaired) electrons. The molecule has 0 spiro atoms. The zero-order chi connectivity index (χ0) is 13.1. The lowest BCUT2D eigenvalue weighted by Crippen LogP contribution is -2.44. The fraction of sp³-hybridized carbons (Fsp3) is 1.00. The Morgan fingerprint density at radius 2 is 1.53 bits per heavy atom. The molecule has 0 aliphatic carbocycles. The van der Waals surface area contributed by atoms with Gasteiger partial charge in [0.05, 0.1) is 0 Å². The normalized spacial score (nSPS) is 12.4. The first-order valence-corrected chi connectivity index (χ1v) is 8.86. The molecule has 0 atom stereocenters. The average Bonchev–Trinajstić information content (AvgIpc) is 2.28. The maximum Gasteiger partial charge on any atom is 0.500 e. The van der Waals surface area contributed by atoms with Crippen LogP contribution < -0.4 is 0 Å². The Kier molecular flexibility index (Phi) is 10.1. The molecule has 0 bridgehead atoms. The third-order valence-electron chi connectivity index (χ3n) is 2.80. The van der Waals surface area contributed by atoms with Gasteiger partial charge in [0.1, 0.15) is 0 Å². The van der Waals surface area contributed by atoms with Gasteiger partial charge in [0.15, 0.2) is 0 Å². The second kappa shape index (κ2) is 10.1. The van der Waals surface area contributed by atoms with Crippen molar-refractivity contribution < 1.29 is 13.3 Å². The predicted octanol–water partition coefficient (Wildman–Crippen LogP) is 3.86. The summed E-state index contributed by atoms with van der Waals surface area (Å²) in [7, 11) is -0.633. The van der Waals surface area contributed by atoms with Crippen LogP contribution in [0.5, 0.6) is 0 Å². The van der Waals surface area contributed by atoms with Crippen LogP contribution in [0.2, 0.25) is 6.04 Å². The molecular weight excluding hydrogens is 232 g/mol. The van der Waals surface area contributed by atoms with E-state index in [2.05, 4.69) is 13.8 Å². The molecule has 0 N–H and O–H groups in total. The van der Waals surface area contributed by atoms with Crippen LogP contribution >= 0.6 is 0 Å². The number of hydrogen-bond donors (Lipinski definition) is 0. The van der Waals surface area contributed by atoms with Gasteiger partial charge in [-0.25, -0.2) is 0 Å². The van der Waals surface area contributed by atoms with E-state index in [4.69, 9.17) is 13.3 Å². The van der Waals surface area contributed by atoms with Gasteiger partial charge < -0.3 is 13.3 Å². The van der Waals surface area contributed by atoms with E-state index in [1.165, 1.54) is 19.3 Å². The molecule has 17 heavy (non-hydrogen) atoms. The molecule has 0 aliphatic rings. The molecule has 0 aromatic rings. The van der Waals surface area contributed by atoms with Crippen LogP contribution in [0.1, 0.15) is 53.4 Å². The van der Waals surface area contributed by atoms with E-state index in [1.54, 1.807) is 7.11 Å². The lowest BCUT2D eigenvalue weighted by molar-refractivity contribution is 0.0859. The summed E-state index contributed by atoms with van der Waals surface area (Å²) in [5, 5.41) is 0. The molecule has 0 fully saturated rings. The molecule has 0 saturated heterocycles. The van der Waals surface area contributed by atoms with E-state index in [1.807, 2.05) is 13.8 Å². The minimum atomic E-state index is -2.35. The highest BCUT2D eigenvalue weighted by Crippen LogP contribution is 2.20. The summed E-state index contributed by atoms with van der Waals surface area (Å²) < 4.78 is 17.0. The summed E-state index contributed by atoms with van der Waals surface area (Å²) >= 11 is 0. The van der Waals surface area contributed by atoms with E-state index < -0.39 is 8.80 Å². The van der Waals surface area contributed by atoms with Gasteiger partial charge in [-0.3, -0.25) is 0 Å². The molecule has 0 amide bonds. The second-order valence-corrected chi connectivity index (χ2v) is 7.60. The molecule has 0 heterocycles. The molecule has 3 nitrogen and oxygen atoms in total. The molecule has 0 unspecified atom stereocenters. The van der Waals surface area contributed by atoms with Gasteiger partial charge in [0.2, 0.25) is 0 Å². The highest BCUT2D eigenvalue weighted by Gasteiger charge is 2.38. The molecule has 0 saturated carbocycles. The van der Waals surface area contributed by atoms with Gasteiger partial charge in [-0.1, -0.05) is 33.1 Å². The van der Waals surface area contributed by atoms with Gasteiger partial charge in [0.25, 0.3) is 0 Å². The molecule has 0 aromatic carbocycles. The van der Waals surface area contributed by atoms with E-state index in [0.29, 0.717) is 13.2 Å². The van der Waals surface area contributed by atoms with Crippen molar-refractivity contribution in [3.8, 4) is 0 Å². The van der Waals surface area contributed by atoms with Gasteiger partial charge >= 0.3 is 8.80 Å². The van der Waals surface area contributed by atoms with Crippen LogP contribution in [-0.4, -0.2) is 29.1 Å². The largest absolute Gasteiger partial charge is 0.500 e. The van der Waals surface area contributed by atoms with Gasteiger partial charge in [-0.05, 0) is 26.2 Å². The predicted molar refractivity (Wildman–Crippen MR) is 74.1 cm³/mol. The fourth-order valence-electron chi connectivity index (χ4n) is 1.92. The SMILES string of the molecule is CCO[Si](CCCCCC(C)C)(OC)OCC. The first-order valence-electron chi connectivity index (χ1n) is 6.93. The van der Waals surface area contributed by atoms with Crippen molar-refractivity contribution in [1.82, 2.24) is 0 Å². The first-order chi connectivity index (χ1) is 8.10. The quantitative estimate of drug-likeness (QED) is 0.418. The summed E-state index contributed by atoms with van der Waals surface area (Å²) in [6.45, 7) is 9.89. The zero-order valence-corrected chi connectivity index (χ0v) is 13.3. The highest BCUT2D eigenvalue weighted by atomic mass is 28.4. The average molecular weight is 262 g/mol. The van der Waals surface area contributed by atoms with Crippen molar-refractivity contribution in [3.05, 3.63) is 0 Å². The van der Waals surface area contributed by atoms with Crippen LogP contribution in [0.25, 0.3) is 0 Å². The summed E-state index contributed by atoms with van der Waals surface area (Å²) in [6.07, 6.45) is 5.00. The number of unbranched alkanes of at least 4 members (excludes halogenated alkanes) is 2. The topological polar surface area (TPSA) is 27.7 Å². The van der Waals surface area contributed by atoms with Crippen molar-refractivity contribution >= 4 is 8.80 Å². The standard InChI is InChI=1S/C13H30O3Si/c1-6-15-17(14-5,16-7-2)12-10-8-9-11-13(3)4/h13H,6-12H2,1-5H3. The summed E-state index contributed by atoms with van der Waals surface area (Å²) in [5.41, 5.74) is 0. The van der Waals surface area contributed by atoms with Crippen LogP contribution in [0, 0.1) is 5.92 Å². The summed E-state index contributed by atoms with van der Waals surface area (Å²) in [6, 6.07) is 0.948. The van der Waals surface area contributed by atoms with Gasteiger partial charge in [-0.15, -0.1) is 0 Å². The molecule has 0 aliphatic heterocycles. The molecule has 4 heteroatoms. The summed E-state index contributed by atoms with van der Waals surface area (Å²) in [4.78, 5) is 0. The van der Waals surface area contributed by atoms with Gasteiger partial charge in [0, 0.05) is 26.4 Å². The molecule has 0 rings (SSSR count). The fourth-order valence-corrected chi connectivity index (χ4v) is 4.29. The van der Waals surface area contributed by atoms with Crippen molar-refractivity contribution in [2.75, 3.05) is 20.3 Å². The maximum atomic E-state index is 5.74. The maximum absolute atomic E-state index is 5.74. The molecular formula is C13H30O3Si. The Labute approximate surface area is 108 Å².